The van der Waals surface area contributed by atoms with Crippen molar-refractivity contribution in [3.8, 4) is 0 Å². The van der Waals surface area contributed by atoms with E-state index in [2.05, 4.69) is 37.8 Å². The van der Waals surface area contributed by atoms with Gasteiger partial charge in [0, 0.05) is 42.2 Å². The number of piperazine rings is 1. The molecule has 1 fully saturated rings. The van der Waals surface area contributed by atoms with Crippen molar-refractivity contribution >= 4 is 44.0 Å². The molecular formula is C16H19BrN4OS. The Kier molecular flexibility index (Phi) is 5.42. The number of amides is 1. The number of thiazole rings is 1. The highest BCUT2D eigenvalue weighted by atomic mass is 79.9. The molecule has 1 saturated heterocycles. The summed E-state index contributed by atoms with van der Waals surface area (Å²) in [6, 6.07) is 7.76. The van der Waals surface area contributed by atoms with E-state index in [1.807, 2.05) is 29.6 Å². The SMILES string of the molecule is CN1CCN(CC(=O)N(c2ccc(Br)cc2)c2nccs2)CC1. The first-order valence-corrected chi connectivity index (χ1v) is 9.19. The Morgan fingerprint density at radius 2 is 1.96 bits per heavy atom. The first kappa shape index (κ1) is 16.6. The van der Waals surface area contributed by atoms with Gasteiger partial charge in [0.1, 0.15) is 0 Å². The smallest absolute Gasteiger partial charge is 0.247 e. The Bertz CT molecular complexity index is 639. The number of halogens is 1. The maximum Gasteiger partial charge on any atom is 0.247 e. The van der Waals surface area contributed by atoms with E-state index in [0.717, 1.165) is 36.3 Å². The summed E-state index contributed by atoms with van der Waals surface area (Å²) in [4.78, 5) is 23.4. The number of benzene rings is 1. The molecule has 1 aromatic heterocycles. The number of anilines is 2. The molecule has 0 atom stereocenters. The van der Waals surface area contributed by atoms with E-state index in [-0.39, 0.29) is 5.91 Å². The van der Waals surface area contributed by atoms with Crippen LogP contribution in [-0.2, 0) is 4.79 Å². The van der Waals surface area contributed by atoms with Crippen LogP contribution in [-0.4, -0.2) is 60.5 Å². The predicted octanol–water partition coefficient (Wildman–Crippen LogP) is 2.82. The Labute approximate surface area is 148 Å². The summed E-state index contributed by atoms with van der Waals surface area (Å²) >= 11 is 4.91. The molecule has 1 aliphatic heterocycles. The second-order valence-corrected chi connectivity index (χ2v) is 7.39. The van der Waals surface area contributed by atoms with Crippen molar-refractivity contribution in [3.05, 3.63) is 40.3 Å². The van der Waals surface area contributed by atoms with Crippen molar-refractivity contribution in [1.82, 2.24) is 14.8 Å². The Balaban J connectivity index is 1.78. The monoisotopic (exact) mass is 394 g/mol. The summed E-state index contributed by atoms with van der Waals surface area (Å²) in [6.07, 6.45) is 1.73. The molecule has 122 valence electrons. The van der Waals surface area contributed by atoms with Crippen LogP contribution in [0.1, 0.15) is 0 Å². The average molecular weight is 395 g/mol. The highest BCUT2D eigenvalue weighted by Crippen LogP contribution is 2.28. The highest BCUT2D eigenvalue weighted by molar-refractivity contribution is 9.10. The molecular weight excluding hydrogens is 376 g/mol. The van der Waals surface area contributed by atoms with Gasteiger partial charge in [-0.15, -0.1) is 11.3 Å². The number of likely N-dealkylation sites (N-methyl/N-ethyl adjacent to an activating group) is 1. The van der Waals surface area contributed by atoms with Gasteiger partial charge in [-0.3, -0.25) is 14.6 Å². The van der Waals surface area contributed by atoms with Crippen LogP contribution >= 0.6 is 27.3 Å². The van der Waals surface area contributed by atoms with Crippen LogP contribution in [0, 0.1) is 0 Å². The number of hydrogen-bond donors (Lipinski definition) is 0. The maximum atomic E-state index is 12.9. The van der Waals surface area contributed by atoms with E-state index in [4.69, 9.17) is 0 Å². The zero-order valence-electron chi connectivity index (χ0n) is 13.0. The number of nitrogens with zero attached hydrogens (tertiary/aromatic N) is 4. The van der Waals surface area contributed by atoms with Crippen LogP contribution in [0.2, 0.25) is 0 Å². The van der Waals surface area contributed by atoms with E-state index in [9.17, 15) is 4.79 Å². The molecule has 0 aliphatic carbocycles. The third-order valence-corrected chi connectivity index (χ3v) is 5.18. The largest absolute Gasteiger partial charge is 0.304 e. The summed E-state index contributed by atoms with van der Waals surface area (Å²) in [5.41, 5.74) is 0.849. The van der Waals surface area contributed by atoms with Crippen LogP contribution in [0.3, 0.4) is 0 Å². The Hall–Kier alpha value is -1.28. The van der Waals surface area contributed by atoms with Crippen molar-refractivity contribution < 1.29 is 4.79 Å². The van der Waals surface area contributed by atoms with Crippen molar-refractivity contribution in [3.63, 3.8) is 0 Å². The lowest BCUT2D eigenvalue weighted by Crippen LogP contribution is -2.48. The molecule has 3 rings (SSSR count). The van der Waals surface area contributed by atoms with Gasteiger partial charge in [0.2, 0.25) is 5.91 Å². The van der Waals surface area contributed by atoms with E-state index in [1.165, 1.54) is 11.3 Å². The standard InChI is InChI=1S/C16H19BrN4OS/c1-19-7-9-20(10-8-19)12-15(22)21(16-18-6-11-23-16)14-4-2-13(17)3-5-14/h2-6,11H,7-10,12H2,1H3. The van der Waals surface area contributed by atoms with Gasteiger partial charge in [-0.1, -0.05) is 15.9 Å². The fourth-order valence-corrected chi connectivity index (χ4v) is 3.49. The first-order valence-electron chi connectivity index (χ1n) is 7.52. The summed E-state index contributed by atoms with van der Waals surface area (Å²) in [5, 5.41) is 2.61. The minimum absolute atomic E-state index is 0.0619. The lowest BCUT2D eigenvalue weighted by atomic mass is 10.2. The van der Waals surface area contributed by atoms with Crippen molar-refractivity contribution in [2.75, 3.05) is 44.7 Å². The summed E-state index contributed by atoms with van der Waals surface area (Å²) in [5.74, 6) is 0.0619. The third kappa shape index (κ3) is 4.17. The fraction of sp³-hybridized carbons (Fsp3) is 0.375. The maximum absolute atomic E-state index is 12.9. The van der Waals surface area contributed by atoms with Crippen LogP contribution in [0.4, 0.5) is 10.8 Å². The van der Waals surface area contributed by atoms with E-state index >= 15 is 0 Å². The minimum Gasteiger partial charge on any atom is -0.304 e. The van der Waals surface area contributed by atoms with Crippen LogP contribution < -0.4 is 4.90 Å². The van der Waals surface area contributed by atoms with Gasteiger partial charge >= 0.3 is 0 Å². The van der Waals surface area contributed by atoms with Gasteiger partial charge in [0.25, 0.3) is 0 Å². The zero-order valence-corrected chi connectivity index (χ0v) is 15.4. The molecule has 23 heavy (non-hydrogen) atoms. The molecule has 2 heterocycles. The molecule has 0 bridgehead atoms. The molecule has 0 radical (unpaired) electrons. The zero-order chi connectivity index (χ0) is 16.2. The Morgan fingerprint density at radius 3 is 2.57 bits per heavy atom. The number of aromatic nitrogens is 1. The predicted molar refractivity (Wildman–Crippen MR) is 97.3 cm³/mol. The number of carbonyl (C=O) groups is 1. The molecule has 0 spiro atoms. The summed E-state index contributed by atoms with van der Waals surface area (Å²) < 4.78 is 0.992. The minimum atomic E-state index is 0.0619. The molecule has 0 unspecified atom stereocenters. The summed E-state index contributed by atoms with van der Waals surface area (Å²) in [7, 11) is 2.11. The number of carbonyl (C=O) groups excluding carboxylic acids is 1. The second kappa shape index (κ2) is 7.53. The molecule has 5 nitrogen and oxygen atoms in total. The normalized spacial score (nSPS) is 16.4. The topological polar surface area (TPSA) is 39.7 Å². The van der Waals surface area contributed by atoms with E-state index in [0.29, 0.717) is 11.7 Å². The van der Waals surface area contributed by atoms with Gasteiger partial charge in [-0.25, -0.2) is 4.98 Å². The first-order chi connectivity index (χ1) is 11.1. The van der Waals surface area contributed by atoms with E-state index in [1.54, 1.807) is 11.1 Å². The van der Waals surface area contributed by atoms with Crippen LogP contribution in [0.25, 0.3) is 0 Å². The van der Waals surface area contributed by atoms with E-state index < -0.39 is 0 Å². The second-order valence-electron chi connectivity index (χ2n) is 5.60. The molecule has 7 heteroatoms. The molecule has 0 N–H and O–H groups in total. The number of hydrogen-bond acceptors (Lipinski definition) is 5. The molecule has 0 saturated carbocycles. The molecule has 1 aromatic carbocycles. The van der Waals surface area contributed by atoms with Crippen molar-refractivity contribution in [1.29, 1.82) is 0 Å². The van der Waals surface area contributed by atoms with Gasteiger partial charge in [-0.05, 0) is 31.3 Å². The van der Waals surface area contributed by atoms with Crippen LogP contribution in [0.15, 0.2) is 40.3 Å². The third-order valence-electron chi connectivity index (χ3n) is 3.90. The highest BCUT2D eigenvalue weighted by Gasteiger charge is 2.24. The molecule has 2 aromatic rings. The van der Waals surface area contributed by atoms with Gasteiger partial charge in [-0.2, -0.15) is 0 Å². The fourth-order valence-electron chi connectivity index (χ4n) is 2.55. The van der Waals surface area contributed by atoms with Gasteiger partial charge < -0.3 is 4.90 Å². The van der Waals surface area contributed by atoms with Crippen LogP contribution in [0.5, 0.6) is 0 Å². The summed E-state index contributed by atoms with van der Waals surface area (Å²) in [6.45, 7) is 4.28. The van der Waals surface area contributed by atoms with Crippen molar-refractivity contribution in [2.24, 2.45) is 0 Å². The van der Waals surface area contributed by atoms with Crippen molar-refractivity contribution in [2.45, 2.75) is 0 Å². The quantitative estimate of drug-likeness (QED) is 0.798. The lowest BCUT2D eigenvalue weighted by Gasteiger charge is -2.33. The average Bonchev–Trinajstić information content (AvgIpc) is 3.06. The lowest BCUT2D eigenvalue weighted by molar-refractivity contribution is -0.119. The Morgan fingerprint density at radius 1 is 1.26 bits per heavy atom. The van der Waals surface area contributed by atoms with Gasteiger partial charge in [0.15, 0.2) is 5.13 Å². The molecule has 1 amide bonds. The molecule has 1 aliphatic rings. The number of rotatable bonds is 4. The van der Waals surface area contributed by atoms with Gasteiger partial charge in [0.05, 0.1) is 12.2 Å².